The molecule has 0 spiro atoms. The maximum Gasteiger partial charge on any atom is 0.101 e. The third-order valence-electron chi connectivity index (χ3n) is 4.75. The fraction of sp³-hybridized carbons (Fsp3) is 0.150. The summed E-state index contributed by atoms with van der Waals surface area (Å²) in [5.41, 5.74) is 7.63. The van der Waals surface area contributed by atoms with Crippen LogP contribution in [0.5, 0.6) is 0 Å². The molecule has 0 fully saturated rings. The van der Waals surface area contributed by atoms with Crippen LogP contribution in [0, 0.1) is 0 Å². The molecule has 3 aromatic heterocycles. The molecule has 0 radical (unpaired) electrons. The van der Waals surface area contributed by atoms with E-state index < -0.39 is 0 Å². The molecule has 0 aliphatic carbocycles. The van der Waals surface area contributed by atoms with Crippen LogP contribution in [0.3, 0.4) is 0 Å². The zero-order chi connectivity index (χ0) is 16.8. The summed E-state index contributed by atoms with van der Waals surface area (Å²) < 4.78 is 2.09. The quantitative estimate of drug-likeness (QED) is 0.607. The molecule has 1 aliphatic rings. The Labute approximate surface area is 145 Å². The predicted molar refractivity (Wildman–Crippen MR) is 99.8 cm³/mol. The average Bonchev–Trinajstić information content (AvgIpc) is 3.26. The van der Waals surface area contributed by atoms with Crippen LogP contribution in [-0.2, 0) is 6.54 Å². The number of aliphatic imine (C=N–C) groups is 1. The van der Waals surface area contributed by atoms with E-state index in [1.807, 2.05) is 30.7 Å². The molecule has 5 heteroatoms. The minimum atomic E-state index is 0.783. The van der Waals surface area contributed by atoms with Gasteiger partial charge in [-0.2, -0.15) is 5.10 Å². The molecular formula is C20H17N5. The number of aromatic nitrogens is 4. The normalized spacial score (nSPS) is 13.7. The van der Waals surface area contributed by atoms with E-state index in [0.29, 0.717) is 0 Å². The smallest absolute Gasteiger partial charge is 0.101 e. The Kier molecular flexibility index (Phi) is 3.06. The largest absolute Gasteiger partial charge is 0.361 e. The summed E-state index contributed by atoms with van der Waals surface area (Å²) in [7, 11) is 0. The highest BCUT2D eigenvalue weighted by Crippen LogP contribution is 2.36. The number of benzene rings is 1. The molecule has 0 amide bonds. The lowest BCUT2D eigenvalue weighted by Crippen LogP contribution is -2.17. The van der Waals surface area contributed by atoms with Gasteiger partial charge in [0.1, 0.15) is 5.69 Å². The summed E-state index contributed by atoms with van der Waals surface area (Å²) in [5, 5.41) is 6.15. The summed E-state index contributed by atoms with van der Waals surface area (Å²) in [5.74, 6) is 0. The lowest BCUT2D eigenvalue weighted by Gasteiger charge is -2.13. The summed E-state index contributed by atoms with van der Waals surface area (Å²) in [6.45, 7) is 3.66. The van der Waals surface area contributed by atoms with Crippen molar-refractivity contribution in [2.24, 2.45) is 4.99 Å². The number of hydrogen-bond donors (Lipinski definition) is 1. The van der Waals surface area contributed by atoms with E-state index in [2.05, 4.69) is 50.8 Å². The highest BCUT2D eigenvalue weighted by atomic mass is 15.3. The topological polar surface area (TPSA) is 58.9 Å². The second kappa shape index (κ2) is 5.41. The van der Waals surface area contributed by atoms with E-state index in [9.17, 15) is 0 Å². The third kappa shape index (κ3) is 2.20. The molecule has 0 saturated heterocycles. The molecular weight excluding hydrogens is 310 g/mol. The van der Waals surface area contributed by atoms with E-state index in [-0.39, 0.29) is 0 Å². The Morgan fingerprint density at radius 1 is 1.04 bits per heavy atom. The van der Waals surface area contributed by atoms with Gasteiger partial charge in [-0.3, -0.25) is 14.7 Å². The molecule has 122 valence electrons. The molecule has 0 unspecified atom stereocenters. The Bertz CT molecular complexity index is 1100. The lowest BCUT2D eigenvalue weighted by molar-refractivity contribution is 0.608. The van der Waals surface area contributed by atoms with Crippen molar-refractivity contribution >= 4 is 16.6 Å². The van der Waals surface area contributed by atoms with Crippen molar-refractivity contribution in [3.05, 3.63) is 60.7 Å². The van der Waals surface area contributed by atoms with Gasteiger partial charge >= 0.3 is 0 Å². The van der Waals surface area contributed by atoms with Gasteiger partial charge in [0, 0.05) is 35.2 Å². The van der Waals surface area contributed by atoms with Crippen LogP contribution in [0.15, 0.2) is 60.0 Å². The number of rotatable bonds is 2. The maximum atomic E-state index is 4.94. The number of fused-ring (bicyclic) bond motifs is 2. The van der Waals surface area contributed by atoms with Crippen molar-refractivity contribution in [1.82, 2.24) is 19.7 Å². The van der Waals surface area contributed by atoms with Crippen LogP contribution in [0.1, 0.15) is 12.6 Å². The van der Waals surface area contributed by atoms with Crippen LogP contribution in [0.2, 0.25) is 0 Å². The monoisotopic (exact) mass is 327 g/mol. The van der Waals surface area contributed by atoms with Gasteiger partial charge in [-0.1, -0.05) is 12.1 Å². The SMILES string of the molecule is CC1=NCCn2nc(-c3ccc4cc[nH]c4c3)c(-c3ccncc3)c21. The van der Waals surface area contributed by atoms with Crippen LogP contribution in [0.4, 0.5) is 0 Å². The Morgan fingerprint density at radius 3 is 2.80 bits per heavy atom. The van der Waals surface area contributed by atoms with Crippen LogP contribution in [-0.4, -0.2) is 32.0 Å². The number of H-pyrrole nitrogens is 1. The molecule has 1 N–H and O–H groups in total. The summed E-state index contributed by atoms with van der Waals surface area (Å²) >= 11 is 0. The van der Waals surface area contributed by atoms with Crippen LogP contribution < -0.4 is 0 Å². The molecule has 4 heterocycles. The zero-order valence-corrected chi connectivity index (χ0v) is 13.9. The van der Waals surface area contributed by atoms with E-state index in [4.69, 9.17) is 5.10 Å². The van der Waals surface area contributed by atoms with Crippen molar-refractivity contribution in [3.8, 4) is 22.4 Å². The average molecular weight is 327 g/mol. The molecule has 1 aliphatic heterocycles. The van der Waals surface area contributed by atoms with Gasteiger partial charge in [0.25, 0.3) is 0 Å². The van der Waals surface area contributed by atoms with Gasteiger partial charge in [-0.25, -0.2) is 0 Å². The lowest BCUT2D eigenvalue weighted by atomic mass is 9.97. The first kappa shape index (κ1) is 14.2. The summed E-state index contributed by atoms with van der Waals surface area (Å²) in [6, 6.07) is 12.6. The maximum absolute atomic E-state index is 4.94. The van der Waals surface area contributed by atoms with Gasteiger partial charge < -0.3 is 4.98 Å². The van der Waals surface area contributed by atoms with Crippen molar-refractivity contribution in [1.29, 1.82) is 0 Å². The van der Waals surface area contributed by atoms with Crippen LogP contribution in [0.25, 0.3) is 33.3 Å². The molecule has 0 saturated carbocycles. The van der Waals surface area contributed by atoms with Crippen LogP contribution >= 0.6 is 0 Å². The van der Waals surface area contributed by atoms with Gasteiger partial charge in [0.2, 0.25) is 0 Å². The highest BCUT2D eigenvalue weighted by molar-refractivity contribution is 6.06. The highest BCUT2D eigenvalue weighted by Gasteiger charge is 2.24. The van der Waals surface area contributed by atoms with Gasteiger partial charge in [-0.05, 0) is 42.1 Å². The van der Waals surface area contributed by atoms with E-state index in [1.165, 1.54) is 5.39 Å². The molecule has 5 rings (SSSR count). The van der Waals surface area contributed by atoms with E-state index >= 15 is 0 Å². The van der Waals surface area contributed by atoms with Crippen molar-refractivity contribution in [2.75, 3.05) is 6.54 Å². The minimum absolute atomic E-state index is 0.783. The molecule has 1 aromatic carbocycles. The van der Waals surface area contributed by atoms with Gasteiger partial charge in [-0.15, -0.1) is 0 Å². The van der Waals surface area contributed by atoms with Crippen molar-refractivity contribution in [2.45, 2.75) is 13.5 Å². The molecule has 4 aromatic rings. The number of nitrogens with zero attached hydrogens (tertiary/aromatic N) is 4. The number of hydrogen-bond acceptors (Lipinski definition) is 3. The molecule has 25 heavy (non-hydrogen) atoms. The molecule has 0 atom stereocenters. The van der Waals surface area contributed by atoms with E-state index in [1.54, 1.807) is 0 Å². The first-order chi connectivity index (χ1) is 12.3. The fourth-order valence-corrected chi connectivity index (χ4v) is 3.57. The first-order valence-corrected chi connectivity index (χ1v) is 8.41. The number of nitrogens with one attached hydrogen (secondary N) is 1. The fourth-order valence-electron chi connectivity index (χ4n) is 3.57. The van der Waals surface area contributed by atoms with Gasteiger partial charge in [0.15, 0.2) is 0 Å². The third-order valence-corrected chi connectivity index (χ3v) is 4.75. The predicted octanol–water partition coefficient (Wildman–Crippen LogP) is 3.92. The standard InChI is InChI=1S/C20H17N5/c1-13-20-18(15-4-7-21-8-5-15)19(24-25(20)11-10-22-13)16-3-2-14-6-9-23-17(14)12-16/h2-9,12,23H,10-11H2,1H3. The Morgan fingerprint density at radius 2 is 1.92 bits per heavy atom. The zero-order valence-electron chi connectivity index (χ0n) is 13.9. The first-order valence-electron chi connectivity index (χ1n) is 8.41. The summed E-state index contributed by atoms with van der Waals surface area (Å²) in [4.78, 5) is 12.1. The van der Waals surface area contributed by atoms with E-state index in [0.717, 1.165) is 52.4 Å². The Balaban J connectivity index is 1.81. The second-order valence-electron chi connectivity index (χ2n) is 6.28. The number of pyridine rings is 1. The van der Waals surface area contributed by atoms with Crippen molar-refractivity contribution in [3.63, 3.8) is 0 Å². The second-order valence-corrected chi connectivity index (χ2v) is 6.28. The number of aromatic amines is 1. The summed E-state index contributed by atoms with van der Waals surface area (Å²) in [6.07, 6.45) is 5.62. The molecule has 0 bridgehead atoms. The van der Waals surface area contributed by atoms with Gasteiger partial charge in [0.05, 0.1) is 24.5 Å². The minimum Gasteiger partial charge on any atom is -0.361 e. The van der Waals surface area contributed by atoms with Crippen molar-refractivity contribution < 1.29 is 0 Å². The molecule has 5 nitrogen and oxygen atoms in total. The Hall–Kier alpha value is -3.21.